The largest absolute Gasteiger partial charge is 0.493 e. The topological polar surface area (TPSA) is 66.0 Å². The Kier molecular flexibility index (Phi) is 5.39. The summed E-state index contributed by atoms with van der Waals surface area (Å²) < 4.78 is 11.1. The molecule has 0 spiro atoms. The van der Waals surface area contributed by atoms with Gasteiger partial charge in [0.1, 0.15) is 24.3 Å². The molecule has 2 rings (SSSR count). The molecule has 2 aromatic carbocycles. The number of methoxy groups -OCH3 is 1. The number of allylic oxidation sites excluding steroid dienone is 1. The van der Waals surface area contributed by atoms with Crippen LogP contribution in [0.1, 0.15) is 16.7 Å². The first-order valence-electron chi connectivity index (χ1n) is 7.04. The number of aryl methyl sites for hydroxylation is 1. The molecule has 0 aliphatic heterocycles. The highest BCUT2D eigenvalue weighted by Crippen LogP contribution is 2.29. The van der Waals surface area contributed by atoms with Gasteiger partial charge in [-0.1, -0.05) is 35.9 Å². The van der Waals surface area contributed by atoms with Gasteiger partial charge in [0.25, 0.3) is 0 Å². The van der Waals surface area contributed by atoms with Crippen LogP contribution in [0.15, 0.2) is 48.0 Å². The Morgan fingerprint density at radius 3 is 2.52 bits per heavy atom. The molecular formula is C19H16N2O2. The fourth-order valence-electron chi connectivity index (χ4n) is 2.11. The van der Waals surface area contributed by atoms with Crippen LogP contribution in [0.25, 0.3) is 6.08 Å². The van der Waals surface area contributed by atoms with E-state index in [1.807, 2.05) is 37.3 Å². The highest BCUT2D eigenvalue weighted by atomic mass is 16.5. The van der Waals surface area contributed by atoms with E-state index >= 15 is 0 Å². The molecule has 0 atom stereocenters. The SMILES string of the molecule is COc1cc(C=C(C#N)C#N)ccc1OCc1cccc(C)c1. The van der Waals surface area contributed by atoms with E-state index in [1.165, 1.54) is 11.6 Å². The Balaban J connectivity index is 2.19. The number of hydrogen-bond acceptors (Lipinski definition) is 4. The number of benzene rings is 2. The van der Waals surface area contributed by atoms with Crippen LogP contribution in [0.2, 0.25) is 0 Å². The van der Waals surface area contributed by atoms with Crippen molar-refractivity contribution in [2.24, 2.45) is 0 Å². The number of nitriles is 2. The Labute approximate surface area is 135 Å². The van der Waals surface area contributed by atoms with Crippen molar-refractivity contribution in [3.63, 3.8) is 0 Å². The van der Waals surface area contributed by atoms with Crippen molar-refractivity contribution in [1.29, 1.82) is 10.5 Å². The van der Waals surface area contributed by atoms with E-state index in [0.29, 0.717) is 23.7 Å². The molecular weight excluding hydrogens is 288 g/mol. The Morgan fingerprint density at radius 2 is 1.87 bits per heavy atom. The minimum atomic E-state index is 0.0421. The highest BCUT2D eigenvalue weighted by molar-refractivity contribution is 5.64. The van der Waals surface area contributed by atoms with E-state index in [-0.39, 0.29) is 5.57 Å². The van der Waals surface area contributed by atoms with Gasteiger partial charge in [-0.05, 0) is 36.3 Å². The maximum Gasteiger partial charge on any atom is 0.161 e. The molecule has 0 bridgehead atoms. The average molecular weight is 304 g/mol. The van der Waals surface area contributed by atoms with Crippen LogP contribution in [0.4, 0.5) is 0 Å². The molecule has 0 fully saturated rings. The molecule has 0 saturated heterocycles. The summed E-state index contributed by atoms with van der Waals surface area (Å²) in [5.41, 5.74) is 3.01. The van der Waals surface area contributed by atoms with Crippen molar-refractivity contribution in [2.45, 2.75) is 13.5 Å². The number of rotatable bonds is 5. The third-order valence-electron chi connectivity index (χ3n) is 3.22. The predicted molar refractivity (Wildman–Crippen MR) is 87.7 cm³/mol. The minimum absolute atomic E-state index is 0.0421. The molecule has 0 saturated carbocycles. The summed E-state index contributed by atoms with van der Waals surface area (Å²) in [5.74, 6) is 1.17. The molecule has 0 aromatic heterocycles. The van der Waals surface area contributed by atoms with Gasteiger partial charge in [0.2, 0.25) is 0 Å². The zero-order chi connectivity index (χ0) is 16.7. The average Bonchev–Trinajstić information content (AvgIpc) is 2.58. The molecule has 0 unspecified atom stereocenters. The van der Waals surface area contributed by atoms with Crippen LogP contribution in [-0.4, -0.2) is 7.11 Å². The highest BCUT2D eigenvalue weighted by Gasteiger charge is 2.06. The molecule has 4 nitrogen and oxygen atoms in total. The van der Waals surface area contributed by atoms with Crippen molar-refractivity contribution in [1.82, 2.24) is 0 Å². The molecule has 23 heavy (non-hydrogen) atoms. The lowest BCUT2D eigenvalue weighted by Gasteiger charge is -2.11. The molecule has 2 aromatic rings. The lowest BCUT2D eigenvalue weighted by Crippen LogP contribution is -1.98. The van der Waals surface area contributed by atoms with Crippen LogP contribution in [-0.2, 0) is 6.61 Å². The van der Waals surface area contributed by atoms with Crippen LogP contribution >= 0.6 is 0 Å². The standard InChI is InChI=1S/C19H16N2O2/c1-14-4-3-5-16(8-14)13-23-18-7-6-15(10-19(18)22-2)9-17(11-20)12-21/h3-10H,13H2,1-2H3. The van der Waals surface area contributed by atoms with E-state index in [0.717, 1.165) is 5.56 Å². The second-order valence-corrected chi connectivity index (χ2v) is 4.97. The third kappa shape index (κ3) is 4.36. The fourth-order valence-corrected chi connectivity index (χ4v) is 2.11. The van der Waals surface area contributed by atoms with Crippen LogP contribution < -0.4 is 9.47 Å². The Morgan fingerprint density at radius 1 is 1.09 bits per heavy atom. The van der Waals surface area contributed by atoms with Gasteiger partial charge in [-0.25, -0.2) is 0 Å². The van der Waals surface area contributed by atoms with Gasteiger partial charge < -0.3 is 9.47 Å². The van der Waals surface area contributed by atoms with Crippen molar-refractivity contribution in [3.05, 3.63) is 64.7 Å². The van der Waals surface area contributed by atoms with Crippen molar-refractivity contribution < 1.29 is 9.47 Å². The van der Waals surface area contributed by atoms with Crippen LogP contribution in [0.5, 0.6) is 11.5 Å². The van der Waals surface area contributed by atoms with Crippen molar-refractivity contribution in [2.75, 3.05) is 7.11 Å². The maximum atomic E-state index is 8.80. The summed E-state index contributed by atoms with van der Waals surface area (Å²) in [6.07, 6.45) is 1.51. The molecule has 114 valence electrons. The van der Waals surface area contributed by atoms with E-state index in [2.05, 4.69) is 6.07 Å². The number of ether oxygens (including phenoxy) is 2. The lowest BCUT2D eigenvalue weighted by atomic mass is 10.1. The molecule has 0 aliphatic carbocycles. The molecule has 0 N–H and O–H groups in total. The summed E-state index contributed by atoms with van der Waals surface area (Å²) in [6.45, 7) is 2.47. The smallest absolute Gasteiger partial charge is 0.161 e. The number of hydrogen-bond donors (Lipinski definition) is 0. The maximum absolute atomic E-state index is 8.80. The van der Waals surface area contributed by atoms with Crippen molar-refractivity contribution >= 4 is 6.08 Å². The summed E-state index contributed by atoms with van der Waals surface area (Å²) in [7, 11) is 1.55. The van der Waals surface area contributed by atoms with Gasteiger partial charge in [-0.2, -0.15) is 10.5 Å². The Hall–Kier alpha value is -3.24. The normalized spacial score (nSPS) is 9.39. The van der Waals surface area contributed by atoms with E-state index in [1.54, 1.807) is 25.3 Å². The van der Waals surface area contributed by atoms with E-state index < -0.39 is 0 Å². The van der Waals surface area contributed by atoms with E-state index in [9.17, 15) is 0 Å². The fraction of sp³-hybridized carbons (Fsp3) is 0.158. The second-order valence-electron chi connectivity index (χ2n) is 4.97. The first-order valence-corrected chi connectivity index (χ1v) is 7.04. The Bertz CT molecular complexity index is 795. The molecule has 0 radical (unpaired) electrons. The molecule has 4 heteroatoms. The van der Waals surface area contributed by atoms with E-state index in [4.69, 9.17) is 20.0 Å². The summed E-state index contributed by atoms with van der Waals surface area (Å²) in [6, 6.07) is 17.0. The van der Waals surface area contributed by atoms with Gasteiger partial charge in [0.05, 0.1) is 7.11 Å². The molecule has 0 aliphatic rings. The minimum Gasteiger partial charge on any atom is -0.493 e. The predicted octanol–water partition coefficient (Wildman–Crippen LogP) is 4.01. The quantitative estimate of drug-likeness (QED) is 0.783. The second kappa shape index (κ2) is 7.68. The molecule has 0 heterocycles. The summed E-state index contributed by atoms with van der Waals surface area (Å²) in [4.78, 5) is 0. The zero-order valence-electron chi connectivity index (χ0n) is 13.0. The monoisotopic (exact) mass is 304 g/mol. The zero-order valence-corrected chi connectivity index (χ0v) is 13.0. The summed E-state index contributed by atoms with van der Waals surface area (Å²) >= 11 is 0. The van der Waals surface area contributed by atoms with Crippen LogP contribution in [0, 0.1) is 29.6 Å². The lowest BCUT2D eigenvalue weighted by molar-refractivity contribution is 0.284. The molecule has 0 amide bonds. The van der Waals surface area contributed by atoms with Gasteiger partial charge >= 0.3 is 0 Å². The summed E-state index contributed by atoms with van der Waals surface area (Å²) in [5, 5.41) is 17.6. The first-order chi connectivity index (χ1) is 11.2. The van der Waals surface area contributed by atoms with Crippen LogP contribution in [0.3, 0.4) is 0 Å². The first kappa shape index (κ1) is 16.1. The van der Waals surface area contributed by atoms with Crippen molar-refractivity contribution in [3.8, 4) is 23.6 Å². The third-order valence-corrected chi connectivity index (χ3v) is 3.22. The van der Waals surface area contributed by atoms with Gasteiger partial charge in [0, 0.05) is 0 Å². The van der Waals surface area contributed by atoms with Gasteiger partial charge in [-0.15, -0.1) is 0 Å². The number of nitrogens with zero attached hydrogens (tertiary/aromatic N) is 2. The van der Waals surface area contributed by atoms with Gasteiger partial charge in [0.15, 0.2) is 11.5 Å². The van der Waals surface area contributed by atoms with Gasteiger partial charge in [-0.3, -0.25) is 0 Å².